The minimum atomic E-state index is -0.595. The largest absolute Gasteiger partial charge is 0.457 e. The molecule has 0 bridgehead atoms. The Bertz CT molecular complexity index is 1210. The van der Waals surface area contributed by atoms with Gasteiger partial charge < -0.3 is 10.1 Å². The highest BCUT2D eigenvalue weighted by atomic mass is 35.5. The summed E-state index contributed by atoms with van der Waals surface area (Å²) in [6.45, 7) is 3.43. The molecule has 11 nitrogen and oxygen atoms in total. The highest BCUT2D eigenvalue weighted by Gasteiger charge is 2.17. The second-order valence-electron chi connectivity index (χ2n) is 6.88. The molecule has 0 atom stereocenters. The predicted octanol–water partition coefficient (Wildman–Crippen LogP) is 4.79. The minimum Gasteiger partial charge on any atom is -0.457 e. The van der Waals surface area contributed by atoms with Crippen molar-refractivity contribution in [2.45, 2.75) is 26.8 Å². The fourth-order valence-corrected chi connectivity index (χ4v) is 3.03. The number of amides is 1. The Morgan fingerprint density at radius 1 is 1.12 bits per heavy atom. The van der Waals surface area contributed by atoms with E-state index in [9.17, 15) is 25.0 Å². The molecule has 166 valence electrons. The summed E-state index contributed by atoms with van der Waals surface area (Å²) in [4.78, 5) is 33.4. The first kappa shape index (κ1) is 22.7. The van der Waals surface area contributed by atoms with E-state index in [1.807, 2.05) is 0 Å². The Kier molecular flexibility index (Phi) is 6.69. The molecule has 0 aliphatic rings. The number of nitro groups is 2. The lowest BCUT2D eigenvalue weighted by atomic mass is 10.2. The van der Waals surface area contributed by atoms with Crippen LogP contribution in [0.3, 0.4) is 0 Å². The lowest BCUT2D eigenvalue weighted by Crippen LogP contribution is -2.15. The lowest BCUT2D eigenvalue weighted by Gasteiger charge is -2.10. The zero-order chi connectivity index (χ0) is 23.4. The van der Waals surface area contributed by atoms with Gasteiger partial charge in [-0.3, -0.25) is 29.7 Å². The zero-order valence-electron chi connectivity index (χ0n) is 17.1. The summed E-state index contributed by atoms with van der Waals surface area (Å²) in [7, 11) is 0. The van der Waals surface area contributed by atoms with Crippen LogP contribution < -0.4 is 10.1 Å². The molecule has 0 saturated carbocycles. The summed E-state index contributed by atoms with van der Waals surface area (Å²) >= 11 is 6.00. The van der Waals surface area contributed by atoms with Crippen molar-refractivity contribution < 1.29 is 19.4 Å². The van der Waals surface area contributed by atoms with Gasteiger partial charge in [0, 0.05) is 23.6 Å². The molecular weight excluding hydrogens is 442 g/mol. The SMILES string of the molecule is Cc1cc(Oc2cc(NC(=O)CCn3ncc([N+](=O)[O-])c3C)cc([N+](=O)[O-])c2)ccc1Cl. The van der Waals surface area contributed by atoms with Gasteiger partial charge in [-0.2, -0.15) is 5.10 Å². The maximum absolute atomic E-state index is 12.4. The number of halogens is 1. The smallest absolute Gasteiger partial charge is 0.309 e. The molecule has 3 rings (SSSR count). The zero-order valence-corrected chi connectivity index (χ0v) is 17.8. The van der Waals surface area contributed by atoms with Gasteiger partial charge in [-0.25, -0.2) is 0 Å². The number of carbonyl (C=O) groups excluding carboxylic acids is 1. The third-order valence-corrected chi connectivity index (χ3v) is 5.00. The summed E-state index contributed by atoms with van der Waals surface area (Å²) in [5.74, 6) is 0.145. The number of nitro benzene ring substituents is 1. The second kappa shape index (κ2) is 9.43. The van der Waals surface area contributed by atoms with E-state index in [0.717, 1.165) is 11.8 Å². The van der Waals surface area contributed by atoms with E-state index in [2.05, 4.69) is 10.4 Å². The number of hydrogen-bond acceptors (Lipinski definition) is 7. The molecule has 1 N–H and O–H groups in total. The van der Waals surface area contributed by atoms with Gasteiger partial charge in [0.1, 0.15) is 23.4 Å². The van der Waals surface area contributed by atoms with E-state index in [4.69, 9.17) is 16.3 Å². The third-order valence-electron chi connectivity index (χ3n) is 4.58. The van der Waals surface area contributed by atoms with Crippen molar-refractivity contribution in [3.05, 3.63) is 79.1 Å². The molecule has 32 heavy (non-hydrogen) atoms. The fraction of sp³-hybridized carbons (Fsp3) is 0.200. The Balaban J connectivity index is 1.73. The van der Waals surface area contributed by atoms with Crippen molar-refractivity contribution in [1.82, 2.24) is 9.78 Å². The second-order valence-corrected chi connectivity index (χ2v) is 7.29. The van der Waals surface area contributed by atoms with E-state index < -0.39 is 15.8 Å². The number of aryl methyl sites for hydroxylation is 2. The number of aromatic nitrogens is 2. The van der Waals surface area contributed by atoms with Gasteiger partial charge in [-0.1, -0.05) is 11.6 Å². The number of non-ortho nitro benzene ring substituents is 1. The van der Waals surface area contributed by atoms with Crippen LogP contribution in [0.4, 0.5) is 17.1 Å². The van der Waals surface area contributed by atoms with Crippen LogP contribution in [0.2, 0.25) is 5.02 Å². The summed E-state index contributed by atoms with van der Waals surface area (Å²) in [5.41, 5.74) is 0.878. The van der Waals surface area contributed by atoms with Crippen LogP contribution in [0.15, 0.2) is 42.6 Å². The lowest BCUT2D eigenvalue weighted by molar-refractivity contribution is -0.385. The van der Waals surface area contributed by atoms with Crippen LogP contribution in [0.25, 0.3) is 0 Å². The van der Waals surface area contributed by atoms with E-state index in [1.165, 1.54) is 29.8 Å². The number of anilines is 1. The number of ether oxygens (including phenoxy) is 1. The molecule has 12 heteroatoms. The van der Waals surface area contributed by atoms with E-state index in [0.29, 0.717) is 16.5 Å². The molecule has 0 unspecified atom stereocenters. The Labute approximate surface area is 186 Å². The Hall–Kier alpha value is -3.99. The molecule has 1 aromatic heterocycles. The average molecular weight is 460 g/mol. The summed E-state index contributed by atoms with van der Waals surface area (Å²) < 4.78 is 7.05. The van der Waals surface area contributed by atoms with Crippen LogP contribution in [0, 0.1) is 34.1 Å². The Morgan fingerprint density at radius 3 is 2.50 bits per heavy atom. The topological polar surface area (TPSA) is 142 Å². The maximum atomic E-state index is 12.4. The van der Waals surface area contributed by atoms with Crippen molar-refractivity contribution in [1.29, 1.82) is 0 Å². The molecule has 0 aliphatic carbocycles. The van der Waals surface area contributed by atoms with Crippen LogP contribution in [-0.2, 0) is 11.3 Å². The first-order valence-corrected chi connectivity index (χ1v) is 9.72. The van der Waals surface area contributed by atoms with Crippen molar-refractivity contribution in [3.8, 4) is 11.5 Å². The fourth-order valence-electron chi connectivity index (χ4n) is 2.91. The van der Waals surface area contributed by atoms with Gasteiger partial charge in [0.2, 0.25) is 5.91 Å². The molecule has 3 aromatic rings. The normalized spacial score (nSPS) is 10.6. The van der Waals surface area contributed by atoms with Crippen molar-refractivity contribution in [2.24, 2.45) is 0 Å². The molecule has 0 saturated heterocycles. The molecule has 1 amide bonds. The summed E-state index contributed by atoms with van der Waals surface area (Å²) in [5, 5.41) is 29.2. The molecule has 0 aliphatic heterocycles. The number of benzene rings is 2. The molecule has 0 radical (unpaired) electrons. The summed E-state index contributed by atoms with van der Waals surface area (Å²) in [6.07, 6.45) is 1.07. The van der Waals surface area contributed by atoms with Gasteiger partial charge in [0.25, 0.3) is 5.69 Å². The van der Waals surface area contributed by atoms with E-state index in [1.54, 1.807) is 25.1 Å². The number of nitrogens with one attached hydrogen (secondary N) is 1. The minimum absolute atomic E-state index is 0.0467. The number of rotatable bonds is 8. The van der Waals surface area contributed by atoms with Crippen molar-refractivity contribution in [3.63, 3.8) is 0 Å². The predicted molar refractivity (Wildman–Crippen MR) is 116 cm³/mol. The first-order chi connectivity index (χ1) is 15.1. The van der Waals surface area contributed by atoms with Crippen LogP contribution in [0.5, 0.6) is 11.5 Å². The van der Waals surface area contributed by atoms with Crippen LogP contribution in [0.1, 0.15) is 17.7 Å². The quantitative estimate of drug-likeness (QED) is 0.376. The number of carbonyl (C=O) groups is 1. The van der Waals surface area contributed by atoms with Gasteiger partial charge in [0.05, 0.1) is 28.1 Å². The van der Waals surface area contributed by atoms with Gasteiger partial charge >= 0.3 is 5.69 Å². The first-order valence-electron chi connectivity index (χ1n) is 9.34. The van der Waals surface area contributed by atoms with Crippen LogP contribution >= 0.6 is 11.6 Å². The van der Waals surface area contributed by atoms with E-state index in [-0.39, 0.29) is 35.8 Å². The number of nitrogens with zero attached hydrogens (tertiary/aromatic N) is 4. The van der Waals surface area contributed by atoms with Gasteiger partial charge in [-0.15, -0.1) is 0 Å². The Morgan fingerprint density at radius 2 is 1.88 bits per heavy atom. The molecule has 1 heterocycles. The summed E-state index contributed by atoms with van der Waals surface area (Å²) in [6, 6.07) is 8.86. The third kappa shape index (κ3) is 5.38. The monoisotopic (exact) mass is 459 g/mol. The maximum Gasteiger partial charge on any atom is 0.309 e. The standard InChI is InChI=1S/C20H18ClN5O6/c1-12-7-16(3-4-18(12)21)32-17-9-14(8-15(10-17)25(28)29)23-20(27)5-6-24-13(2)19(11-22-24)26(30)31/h3-4,7-11H,5-6H2,1-2H3,(H,23,27). The molecule has 2 aromatic carbocycles. The molecule has 0 spiro atoms. The van der Waals surface area contributed by atoms with Gasteiger partial charge in [0.15, 0.2) is 0 Å². The van der Waals surface area contributed by atoms with Crippen molar-refractivity contribution >= 4 is 34.6 Å². The highest BCUT2D eigenvalue weighted by molar-refractivity contribution is 6.31. The molecular formula is C20H18ClN5O6. The van der Waals surface area contributed by atoms with E-state index >= 15 is 0 Å². The van der Waals surface area contributed by atoms with Gasteiger partial charge in [-0.05, 0) is 37.6 Å². The number of hydrogen-bond donors (Lipinski definition) is 1. The molecule has 0 fully saturated rings. The van der Waals surface area contributed by atoms with Crippen LogP contribution in [-0.4, -0.2) is 25.5 Å². The highest BCUT2D eigenvalue weighted by Crippen LogP contribution is 2.31. The van der Waals surface area contributed by atoms with Crippen molar-refractivity contribution in [2.75, 3.05) is 5.32 Å². The average Bonchev–Trinajstić information content (AvgIpc) is 3.09.